The number of hydrogen-bond acceptors (Lipinski definition) is 5. The number of ether oxygens (including phenoxy) is 1. The predicted octanol–water partition coefficient (Wildman–Crippen LogP) is 4.14. The first-order valence-electron chi connectivity index (χ1n) is 9.59. The Labute approximate surface area is 181 Å². The van der Waals surface area contributed by atoms with Crippen LogP contribution in [-0.2, 0) is 14.4 Å². The Morgan fingerprint density at radius 1 is 0.938 bits per heavy atom. The summed E-state index contributed by atoms with van der Waals surface area (Å²) in [5.74, 6) is -1.72. The predicted molar refractivity (Wildman–Crippen MR) is 111 cm³/mol. The van der Waals surface area contributed by atoms with Gasteiger partial charge in [0.1, 0.15) is 11.4 Å². The minimum Gasteiger partial charge on any atom is -0.406 e. The standard InChI is InChI=1S/C22H20F3N3O4/c1-12(2)28-20(30)18(14-4-6-15(7-5-14)26-13(3)29)19(21(28)31)27-16-8-10-17(11-9-16)32-22(23,24)25/h4-12,27H,1-3H3,(H,26,29). The highest BCUT2D eigenvalue weighted by atomic mass is 19.4. The van der Waals surface area contributed by atoms with E-state index in [1.54, 1.807) is 38.1 Å². The number of carbonyl (C=O) groups excluding carboxylic acids is 3. The minimum atomic E-state index is -4.82. The Kier molecular flexibility index (Phi) is 6.24. The van der Waals surface area contributed by atoms with Crippen LogP contribution in [0.4, 0.5) is 24.5 Å². The molecule has 2 aromatic rings. The van der Waals surface area contributed by atoms with Crippen molar-refractivity contribution in [2.75, 3.05) is 10.6 Å². The van der Waals surface area contributed by atoms with Gasteiger partial charge in [-0.15, -0.1) is 13.2 Å². The SMILES string of the molecule is CC(=O)Nc1ccc(C2=C(Nc3ccc(OC(F)(F)F)cc3)C(=O)N(C(C)C)C2=O)cc1. The number of nitrogens with zero attached hydrogens (tertiary/aromatic N) is 1. The lowest BCUT2D eigenvalue weighted by atomic mass is 10.0. The third-order valence-corrected chi connectivity index (χ3v) is 4.48. The van der Waals surface area contributed by atoms with Crippen LogP contribution in [0.3, 0.4) is 0 Å². The third-order valence-electron chi connectivity index (χ3n) is 4.48. The van der Waals surface area contributed by atoms with Crippen molar-refractivity contribution in [1.29, 1.82) is 0 Å². The molecule has 2 N–H and O–H groups in total. The van der Waals surface area contributed by atoms with Gasteiger partial charge in [-0.05, 0) is 55.8 Å². The summed E-state index contributed by atoms with van der Waals surface area (Å²) in [6, 6.07) is 10.8. The molecule has 0 saturated carbocycles. The molecule has 0 bridgehead atoms. The molecule has 0 radical (unpaired) electrons. The van der Waals surface area contributed by atoms with Crippen molar-refractivity contribution >= 4 is 34.7 Å². The lowest BCUT2D eigenvalue weighted by Gasteiger charge is -2.19. The molecule has 168 valence electrons. The van der Waals surface area contributed by atoms with E-state index < -0.39 is 30.0 Å². The van der Waals surface area contributed by atoms with Crippen LogP contribution < -0.4 is 15.4 Å². The summed E-state index contributed by atoms with van der Waals surface area (Å²) in [6.07, 6.45) is -4.82. The molecule has 0 aliphatic carbocycles. The molecule has 3 rings (SSSR count). The molecule has 0 fully saturated rings. The molecule has 7 nitrogen and oxygen atoms in total. The van der Waals surface area contributed by atoms with Gasteiger partial charge in [0, 0.05) is 24.3 Å². The van der Waals surface area contributed by atoms with Crippen molar-refractivity contribution in [2.24, 2.45) is 0 Å². The van der Waals surface area contributed by atoms with Crippen LogP contribution in [-0.4, -0.2) is 35.0 Å². The average molecular weight is 447 g/mol. The van der Waals surface area contributed by atoms with Gasteiger partial charge in [0.25, 0.3) is 11.8 Å². The van der Waals surface area contributed by atoms with E-state index in [1.807, 2.05) is 0 Å². The van der Waals surface area contributed by atoms with Gasteiger partial charge in [0.15, 0.2) is 0 Å². The average Bonchev–Trinajstić information content (AvgIpc) is 2.92. The first-order chi connectivity index (χ1) is 15.0. The molecule has 3 amide bonds. The summed E-state index contributed by atoms with van der Waals surface area (Å²) in [4.78, 5) is 38.3. The van der Waals surface area contributed by atoms with Crippen LogP contribution in [0.1, 0.15) is 26.3 Å². The van der Waals surface area contributed by atoms with E-state index in [0.29, 0.717) is 16.9 Å². The fraction of sp³-hybridized carbons (Fsp3) is 0.227. The van der Waals surface area contributed by atoms with Crippen molar-refractivity contribution in [3.63, 3.8) is 0 Å². The van der Waals surface area contributed by atoms with E-state index in [4.69, 9.17) is 0 Å². The van der Waals surface area contributed by atoms with Gasteiger partial charge in [-0.25, -0.2) is 0 Å². The second-order valence-corrected chi connectivity index (χ2v) is 7.28. The van der Waals surface area contributed by atoms with Crippen molar-refractivity contribution in [3.8, 4) is 5.75 Å². The zero-order chi connectivity index (χ0) is 23.6. The number of nitrogens with one attached hydrogen (secondary N) is 2. The molecule has 0 aromatic heterocycles. The summed E-state index contributed by atoms with van der Waals surface area (Å²) in [6.45, 7) is 4.75. The van der Waals surface area contributed by atoms with Crippen LogP contribution in [0.15, 0.2) is 54.2 Å². The zero-order valence-electron chi connectivity index (χ0n) is 17.4. The summed E-state index contributed by atoms with van der Waals surface area (Å²) in [5, 5.41) is 5.47. The number of alkyl halides is 3. The molecule has 1 heterocycles. The highest BCUT2D eigenvalue weighted by Crippen LogP contribution is 2.33. The highest BCUT2D eigenvalue weighted by Gasteiger charge is 2.40. The van der Waals surface area contributed by atoms with E-state index >= 15 is 0 Å². The Morgan fingerprint density at radius 2 is 1.50 bits per heavy atom. The lowest BCUT2D eigenvalue weighted by molar-refractivity contribution is -0.274. The second kappa shape index (κ2) is 8.74. The van der Waals surface area contributed by atoms with Crippen LogP contribution in [0.2, 0.25) is 0 Å². The number of hydrogen-bond donors (Lipinski definition) is 2. The Bertz CT molecular complexity index is 1080. The van der Waals surface area contributed by atoms with E-state index in [9.17, 15) is 27.6 Å². The van der Waals surface area contributed by atoms with Crippen molar-refractivity contribution in [2.45, 2.75) is 33.2 Å². The van der Waals surface area contributed by atoms with Crippen LogP contribution in [0.25, 0.3) is 5.57 Å². The maximum Gasteiger partial charge on any atom is 0.573 e. The molecule has 1 aliphatic rings. The number of benzene rings is 2. The van der Waals surface area contributed by atoms with Crippen LogP contribution in [0, 0.1) is 0 Å². The van der Waals surface area contributed by atoms with Crippen LogP contribution in [0.5, 0.6) is 5.75 Å². The van der Waals surface area contributed by atoms with E-state index in [1.165, 1.54) is 19.1 Å². The van der Waals surface area contributed by atoms with Crippen molar-refractivity contribution < 1.29 is 32.3 Å². The molecule has 0 atom stereocenters. The first-order valence-corrected chi connectivity index (χ1v) is 9.59. The highest BCUT2D eigenvalue weighted by molar-refractivity contribution is 6.36. The molecule has 0 saturated heterocycles. The van der Waals surface area contributed by atoms with Gasteiger partial charge in [-0.2, -0.15) is 0 Å². The smallest absolute Gasteiger partial charge is 0.406 e. The fourth-order valence-corrected chi connectivity index (χ4v) is 3.21. The van der Waals surface area contributed by atoms with Gasteiger partial charge in [0.05, 0.1) is 5.57 Å². The Balaban J connectivity index is 1.96. The van der Waals surface area contributed by atoms with Gasteiger partial charge in [-0.1, -0.05) is 12.1 Å². The van der Waals surface area contributed by atoms with Crippen LogP contribution >= 0.6 is 0 Å². The third kappa shape index (κ3) is 5.08. The monoisotopic (exact) mass is 447 g/mol. The molecule has 0 spiro atoms. The Hall–Kier alpha value is -3.82. The minimum absolute atomic E-state index is 0.000432. The maximum atomic E-state index is 13.0. The van der Waals surface area contributed by atoms with Gasteiger partial charge in [0.2, 0.25) is 5.91 Å². The molecule has 10 heteroatoms. The van der Waals surface area contributed by atoms with Crippen molar-refractivity contribution in [1.82, 2.24) is 4.90 Å². The first kappa shape index (κ1) is 22.9. The summed E-state index contributed by atoms with van der Waals surface area (Å²) >= 11 is 0. The second-order valence-electron chi connectivity index (χ2n) is 7.28. The molecule has 1 aliphatic heterocycles. The normalized spacial score (nSPS) is 14.3. The number of carbonyl (C=O) groups is 3. The largest absolute Gasteiger partial charge is 0.573 e. The number of rotatable bonds is 6. The number of anilines is 2. The molecular formula is C22H20F3N3O4. The quantitative estimate of drug-likeness (QED) is 0.650. The van der Waals surface area contributed by atoms with E-state index in [-0.39, 0.29) is 17.2 Å². The topological polar surface area (TPSA) is 87.7 Å². The van der Waals surface area contributed by atoms with E-state index in [2.05, 4.69) is 15.4 Å². The maximum absolute atomic E-state index is 13.0. The zero-order valence-corrected chi connectivity index (χ0v) is 17.4. The molecule has 0 unspecified atom stereocenters. The molecule has 32 heavy (non-hydrogen) atoms. The Morgan fingerprint density at radius 3 is 2.00 bits per heavy atom. The van der Waals surface area contributed by atoms with Crippen molar-refractivity contribution in [3.05, 3.63) is 59.8 Å². The molecular weight excluding hydrogens is 427 g/mol. The number of imide groups is 1. The van der Waals surface area contributed by atoms with E-state index in [0.717, 1.165) is 17.0 Å². The molecule has 2 aromatic carbocycles. The fourth-order valence-electron chi connectivity index (χ4n) is 3.21. The summed E-state index contributed by atoms with van der Waals surface area (Å²) in [5.41, 5.74) is 1.39. The number of halogens is 3. The summed E-state index contributed by atoms with van der Waals surface area (Å²) in [7, 11) is 0. The van der Waals surface area contributed by atoms with Gasteiger partial charge >= 0.3 is 6.36 Å². The van der Waals surface area contributed by atoms with Gasteiger partial charge < -0.3 is 15.4 Å². The summed E-state index contributed by atoms with van der Waals surface area (Å²) < 4.78 is 40.9. The van der Waals surface area contributed by atoms with Gasteiger partial charge in [-0.3, -0.25) is 19.3 Å². The lowest BCUT2D eigenvalue weighted by Crippen LogP contribution is -2.38. The number of amides is 3.